The maximum Gasteiger partial charge on any atom is 0.287 e. The van der Waals surface area contributed by atoms with Crippen molar-refractivity contribution in [1.82, 2.24) is 30.2 Å². The van der Waals surface area contributed by atoms with E-state index < -0.39 is 0 Å². The minimum Gasteiger partial charge on any atom is -0.480 e. The van der Waals surface area contributed by atoms with Crippen molar-refractivity contribution in [2.75, 3.05) is 12.8 Å². The van der Waals surface area contributed by atoms with Gasteiger partial charge in [0.2, 0.25) is 11.8 Å². The number of carbonyl (C=O) groups is 1. The van der Waals surface area contributed by atoms with E-state index in [-0.39, 0.29) is 28.9 Å². The fourth-order valence-corrected chi connectivity index (χ4v) is 2.63. The van der Waals surface area contributed by atoms with Crippen LogP contribution < -0.4 is 15.8 Å². The van der Waals surface area contributed by atoms with Crippen molar-refractivity contribution in [3.05, 3.63) is 41.1 Å². The first-order valence-corrected chi connectivity index (χ1v) is 8.50. The normalized spacial score (nSPS) is 12.4. The Morgan fingerprint density at radius 3 is 3.00 bits per heavy atom. The monoisotopic (exact) mass is 387 g/mol. The van der Waals surface area contributed by atoms with E-state index in [0.29, 0.717) is 28.9 Å². The van der Waals surface area contributed by atoms with Gasteiger partial charge < -0.3 is 20.8 Å². The first kappa shape index (κ1) is 18.6. The minimum atomic E-state index is -0.323. The summed E-state index contributed by atoms with van der Waals surface area (Å²) in [7, 11) is 1.51. The molecule has 1 atom stereocenters. The number of hydrogen-bond donors (Lipinski definition) is 3. The molecule has 0 aliphatic heterocycles. The number of rotatable bonds is 6. The van der Waals surface area contributed by atoms with Gasteiger partial charge in [-0.25, -0.2) is 15.0 Å². The fraction of sp³-hybridized carbons (Fsp3) is 0.235. The highest BCUT2D eigenvalue weighted by atomic mass is 35.5. The Kier molecular flexibility index (Phi) is 5.51. The first-order chi connectivity index (χ1) is 13.0. The molecular formula is C17H18ClN7O2. The van der Waals surface area contributed by atoms with E-state index in [1.54, 1.807) is 18.5 Å². The third kappa shape index (κ3) is 4.32. The molecule has 0 saturated heterocycles. The number of carbonyl (C=O) groups excluding carboxylic acids is 1. The highest BCUT2D eigenvalue weighted by Crippen LogP contribution is 2.19. The molecular weight excluding hydrogens is 370 g/mol. The van der Waals surface area contributed by atoms with E-state index in [1.165, 1.54) is 7.11 Å². The van der Waals surface area contributed by atoms with Crippen LogP contribution in [0.15, 0.2) is 24.5 Å². The number of H-pyrrole nitrogens is 1. The van der Waals surface area contributed by atoms with Crippen molar-refractivity contribution in [1.29, 1.82) is 0 Å². The average molecular weight is 388 g/mol. The Hall–Kier alpha value is -3.20. The molecule has 140 valence electrons. The second-order valence-corrected chi connectivity index (χ2v) is 6.15. The number of halogens is 1. The van der Waals surface area contributed by atoms with Gasteiger partial charge in [0.15, 0.2) is 11.0 Å². The molecule has 3 rings (SSSR count). The molecule has 0 saturated carbocycles. The van der Waals surface area contributed by atoms with Gasteiger partial charge in [-0.2, -0.15) is 4.98 Å². The molecule has 3 aromatic rings. The molecule has 0 fully saturated rings. The van der Waals surface area contributed by atoms with Gasteiger partial charge >= 0.3 is 0 Å². The Morgan fingerprint density at radius 1 is 1.44 bits per heavy atom. The Labute approximate surface area is 160 Å². The highest BCUT2D eigenvalue weighted by molar-refractivity contribution is 6.33. The van der Waals surface area contributed by atoms with E-state index in [9.17, 15) is 4.79 Å². The van der Waals surface area contributed by atoms with Crippen LogP contribution in [0, 0.1) is 0 Å². The number of amides is 1. The van der Waals surface area contributed by atoms with Gasteiger partial charge in [0.25, 0.3) is 5.91 Å². The summed E-state index contributed by atoms with van der Waals surface area (Å²) in [4.78, 5) is 31.4. The van der Waals surface area contributed by atoms with Gasteiger partial charge in [0.1, 0.15) is 5.52 Å². The molecule has 0 aliphatic carbocycles. The zero-order valence-electron chi connectivity index (χ0n) is 14.7. The topological polar surface area (TPSA) is 132 Å². The number of hydrogen-bond acceptors (Lipinski definition) is 7. The van der Waals surface area contributed by atoms with Crippen LogP contribution in [0.1, 0.15) is 29.5 Å². The fourth-order valence-electron chi connectivity index (χ4n) is 2.43. The number of nitrogen functional groups attached to an aromatic ring is 1. The zero-order valence-corrected chi connectivity index (χ0v) is 15.5. The SMILES string of the molecule is COc1nc(N)ncc1/C=C/C[C@H](C)NC(=O)c1nc2c(Cl)nccc2[nH]1. The molecule has 0 unspecified atom stereocenters. The zero-order chi connectivity index (χ0) is 19.4. The molecule has 0 bridgehead atoms. The van der Waals surface area contributed by atoms with E-state index in [2.05, 4.69) is 30.2 Å². The molecule has 0 radical (unpaired) electrons. The van der Waals surface area contributed by atoms with Crippen molar-refractivity contribution in [2.24, 2.45) is 0 Å². The van der Waals surface area contributed by atoms with Crippen LogP contribution in [0.5, 0.6) is 5.88 Å². The standard InChI is InChI=1S/C17H18ClN7O2/c1-9(4-3-5-10-8-21-17(19)25-16(10)27-2)22-15(26)14-23-11-6-7-20-13(18)12(11)24-14/h3,5-9H,4H2,1-2H3,(H,22,26)(H,23,24)(H2,19,21,25)/b5-3+/t9-/m0/s1. The van der Waals surface area contributed by atoms with Crippen LogP contribution >= 0.6 is 11.6 Å². The lowest BCUT2D eigenvalue weighted by Crippen LogP contribution is -2.32. The van der Waals surface area contributed by atoms with Crippen LogP contribution in [-0.4, -0.2) is 44.0 Å². The lowest BCUT2D eigenvalue weighted by molar-refractivity contribution is 0.0931. The van der Waals surface area contributed by atoms with Gasteiger partial charge in [0, 0.05) is 18.4 Å². The minimum absolute atomic E-state index is 0.128. The van der Waals surface area contributed by atoms with Crippen LogP contribution in [-0.2, 0) is 0 Å². The largest absolute Gasteiger partial charge is 0.480 e. The molecule has 4 N–H and O–H groups in total. The van der Waals surface area contributed by atoms with Crippen molar-refractivity contribution < 1.29 is 9.53 Å². The maximum atomic E-state index is 12.4. The summed E-state index contributed by atoms with van der Waals surface area (Å²) < 4.78 is 5.16. The highest BCUT2D eigenvalue weighted by Gasteiger charge is 2.15. The molecule has 9 nitrogen and oxygen atoms in total. The number of aromatic nitrogens is 5. The van der Waals surface area contributed by atoms with Crippen LogP contribution in [0.4, 0.5) is 5.95 Å². The summed E-state index contributed by atoms with van der Waals surface area (Å²) >= 11 is 5.98. The van der Waals surface area contributed by atoms with Gasteiger partial charge in [-0.05, 0) is 19.4 Å². The van der Waals surface area contributed by atoms with Crippen molar-refractivity contribution in [2.45, 2.75) is 19.4 Å². The number of fused-ring (bicyclic) bond motifs is 1. The van der Waals surface area contributed by atoms with Crippen molar-refractivity contribution in [3.8, 4) is 5.88 Å². The molecule has 3 heterocycles. The molecule has 27 heavy (non-hydrogen) atoms. The van der Waals surface area contributed by atoms with Crippen LogP contribution in [0.3, 0.4) is 0 Å². The first-order valence-electron chi connectivity index (χ1n) is 8.12. The summed E-state index contributed by atoms with van der Waals surface area (Å²) in [5.74, 6) is 0.398. The summed E-state index contributed by atoms with van der Waals surface area (Å²) in [6.45, 7) is 1.89. The molecule has 3 aromatic heterocycles. The van der Waals surface area contributed by atoms with Gasteiger partial charge in [0.05, 0.1) is 18.2 Å². The van der Waals surface area contributed by atoms with E-state index in [4.69, 9.17) is 22.1 Å². The second kappa shape index (κ2) is 8.00. The van der Waals surface area contributed by atoms with E-state index >= 15 is 0 Å². The average Bonchev–Trinajstić information content (AvgIpc) is 3.08. The van der Waals surface area contributed by atoms with Crippen LogP contribution in [0.2, 0.25) is 5.15 Å². The third-order valence-electron chi connectivity index (χ3n) is 3.73. The lowest BCUT2D eigenvalue weighted by Gasteiger charge is -2.10. The maximum absolute atomic E-state index is 12.4. The lowest BCUT2D eigenvalue weighted by atomic mass is 10.2. The second-order valence-electron chi connectivity index (χ2n) is 5.79. The summed E-state index contributed by atoms with van der Waals surface area (Å²) in [5.41, 5.74) is 7.35. The number of methoxy groups -OCH3 is 1. The Morgan fingerprint density at radius 2 is 2.26 bits per heavy atom. The molecule has 10 heteroatoms. The van der Waals surface area contributed by atoms with Gasteiger partial charge in [-0.15, -0.1) is 0 Å². The molecule has 0 aliphatic rings. The number of nitrogens with zero attached hydrogens (tertiary/aromatic N) is 4. The van der Waals surface area contributed by atoms with Crippen LogP contribution in [0.25, 0.3) is 17.1 Å². The predicted octanol–water partition coefficient (Wildman–Crippen LogP) is 2.21. The predicted molar refractivity (Wildman–Crippen MR) is 102 cm³/mol. The number of aromatic amines is 1. The van der Waals surface area contributed by atoms with Gasteiger partial charge in [-0.1, -0.05) is 23.8 Å². The third-order valence-corrected chi connectivity index (χ3v) is 4.00. The van der Waals surface area contributed by atoms with Crippen molar-refractivity contribution in [3.63, 3.8) is 0 Å². The number of ether oxygens (including phenoxy) is 1. The van der Waals surface area contributed by atoms with Crippen molar-refractivity contribution >= 4 is 40.6 Å². The molecule has 1 amide bonds. The molecule has 0 spiro atoms. The van der Waals surface area contributed by atoms with E-state index in [0.717, 1.165) is 0 Å². The number of anilines is 1. The quantitative estimate of drug-likeness (QED) is 0.552. The number of nitrogens with one attached hydrogen (secondary N) is 2. The smallest absolute Gasteiger partial charge is 0.287 e. The number of imidazole rings is 1. The summed E-state index contributed by atoms with van der Waals surface area (Å²) in [6, 6.07) is 1.58. The van der Waals surface area contributed by atoms with Gasteiger partial charge in [-0.3, -0.25) is 4.79 Å². The number of nitrogens with two attached hydrogens (primary N) is 1. The summed E-state index contributed by atoms with van der Waals surface area (Å²) in [6.07, 6.45) is 7.41. The Balaban J connectivity index is 1.62. The Bertz CT molecular complexity index is 1000. The number of pyridine rings is 1. The van der Waals surface area contributed by atoms with E-state index in [1.807, 2.05) is 19.1 Å². The molecule has 0 aromatic carbocycles. The summed E-state index contributed by atoms with van der Waals surface area (Å²) in [5, 5.41) is 3.12.